The Labute approximate surface area is 139 Å². The van der Waals surface area contributed by atoms with Crippen molar-refractivity contribution in [2.75, 3.05) is 32.1 Å². The van der Waals surface area contributed by atoms with E-state index in [4.69, 9.17) is 0 Å². The van der Waals surface area contributed by atoms with Gasteiger partial charge in [-0.1, -0.05) is 13.8 Å². The normalized spacial score (nSPS) is 21.2. The maximum atomic E-state index is 13.2. The number of nitrogens with one attached hydrogen (secondary N) is 1. The molecule has 1 aliphatic heterocycles. The topological polar surface area (TPSA) is 48.5 Å². The second kappa shape index (κ2) is 6.86. The zero-order valence-electron chi connectivity index (χ0n) is 14.3. The molecule has 134 valence electrons. The Morgan fingerprint density at radius 3 is 2.58 bits per heavy atom. The molecular weight excluding hydrogens is 321 g/mol. The molecule has 0 radical (unpaired) electrons. The molecule has 0 aliphatic carbocycles. The predicted molar refractivity (Wildman–Crippen MR) is 85.8 cm³/mol. The van der Waals surface area contributed by atoms with Crippen LogP contribution in [0.15, 0.2) is 18.3 Å². The van der Waals surface area contributed by atoms with Gasteiger partial charge in [-0.3, -0.25) is 0 Å². The highest BCUT2D eigenvalue weighted by Crippen LogP contribution is 2.37. The summed E-state index contributed by atoms with van der Waals surface area (Å²) < 4.78 is 39.7. The van der Waals surface area contributed by atoms with Crippen LogP contribution in [0.4, 0.5) is 23.8 Å². The fourth-order valence-corrected chi connectivity index (χ4v) is 2.99. The molecule has 1 N–H and O–H groups in total. The number of alkyl halides is 3. The number of amides is 2. The first kappa shape index (κ1) is 18.4. The summed E-state index contributed by atoms with van der Waals surface area (Å²) in [5.41, 5.74) is -0.743. The molecule has 1 aromatic heterocycles. The van der Waals surface area contributed by atoms with E-state index in [9.17, 15) is 18.0 Å². The lowest BCUT2D eigenvalue weighted by molar-refractivity contribution is -0.137. The molecule has 1 saturated heterocycles. The van der Waals surface area contributed by atoms with Gasteiger partial charge in [-0.2, -0.15) is 13.2 Å². The van der Waals surface area contributed by atoms with E-state index in [1.54, 1.807) is 19.0 Å². The molecule has 2 heterocycles. The summed E-state index contributed by atoms with van der Waals surface area (Å²) >= 11 is 0. The number of carbonyl (C=O) groups excluding carboxylic acids is 1. The van der Waals surface area contributed by atoms with Crippen LogP contribution in [0, 0.1) is 11.8 Å². The van der Waals surface area contributed by atoms with E-state index >= 15 is 0 Å². The molecule has 0 saturated carbocycles. The van der Waals surface area contributed by atoms with E-state index in [1.807, 2.05) is 13.8 Å². The van der Waals surface area contributed by atoms with Crippen molar-refractivity contribution >= 4 is 11.8 Å². The minimum absolute atomic E-state index is 0.0528. The lowest BCUT2D eigenvalue weighted by atomic mass is 9.91. The average Bonchev–Trinajstić information content (AvgIpc) is 2.90. The Morgan fingerprint density at radius 2 is 2.04 bits per heavy atom. The van der Waals surface area contributed by atoms with E-state index in [-0.39, 0.29) is 29.7 Å². The smallest absolute Gasteiger partial charge is 0.354 e. The Morgan fingerprint density at radius 1 is 1.38 bits per heavy atom. The van der Waals surface area contributed by atoms with Crippen molar-refractivity contribution in [3.63, 3.8) is 0 Å². The second-order valence-electron chi connectivity index (χ2n) is 6.64. The van der Waals surface area contributed by atoms with Gasteiger partial charge in [-0.15, -0.1) is 0 Å². The number of pyridine rings is 1. The summed E-state index contributed by atoms with van der Waals surface area (Å²) in [4.78, 5) is 18.9. The predicted octanol–water partition coefficient (Wildman–Crippen LogP) is 2.83. The van der Waals surface area contributed by atoms with E-state index in [2.05, 4.69) is 10.3 Å². The monoisotopic (exact) mass is 344 g/mol. The van der Waals surface area contributed by atoms with E-state index in [0.717, 1.165) is 6.07 Å². The molecule has 0 unspecified atom stereocenters. The Bertz CT molecular complexity index is 589. The standard InChI is InChI=1S/C16H23F3N4O/c1-10(2)11-8-23(9-13(11)21-15(24)22(3)4)14-12(16(17,18)19)6-5-7-20-14/h5-7,10-11,13H,8-9H2,1-4H3,(H,21,24)/t11-,13+/m0/s1. The van der Waals surface area contributed by atoms with Crippen LogP contribution in [-0.2, 0) is 6.18 Å². The summed E-state index contributed by atoms with van der Waals surface area (Å²) in [6.07, 6.45) is -3.09. The zero-order valence-corrected chi connectivity index (χ0v) is 14.3. The third kappa shape index (κ3) is 3.91. The molecule has 0 aromatic carbocycles. The molecule has 8 heteroatoms. The van der Waals surface area contributed by atoms with Crippen LogP contribution in [0.5, 0.6) is 0 Å². The summed E-state index contributed by atoms with van der Waals surface area (Å²) in [5.74, 6) is 0.203. The molecule has 0 spiro atoms. The van der Waals surface area contributed by atoms with Crippen molar-refractivity contribution in [2.24, 2.45) is 11.8 Å². The molecule has 2 atom stereocenters. The third-order valence-corrected chi connectivity index (χ3v) is 4.33. The van der Waals surface area contributed by atoms with Gasteiger partial charge in [0.1, 0.15) is 5.82 Å². The van der Waals surface area contributed by atoms with Crippen molar-refractivity contribution in [3.8, 4) is 0 Å². The Balaban J connectivity index is 2.27. The zero-order chi connectivity index (χ0) is 18.1. The van der Waals surface area contributed by atoms with Crippen molar-refractivity contribution < 1.29 is 18.0 Å². The van der Waals surface area contributed by atoms with Crippen molar-refractivity contribution in [3.05, 3.63) is 23.9 Å². The van der Waals surface area contributed by atoms with Crippen LogP contribution in [0.2, 0.25) is 0 Å². The van der Waals surface area contributed by atoms with E-state index in [1.165, 1.54) is 17.2 Å². The van der Waals surface area contributed by atoms with Gasteiger partial charge in [0, 0.05) is 39.3 Å². The van der Waals surface area contributed by atoms with Gasteiger partial charge in [-0.05, 0) is 18.1 Å². The number of urea groups is 1. The van der Waals surface area contributed by atoms with Crippen LogP contribution in [0.25, 0.3) is 0 Å². The van der Waals surface area contributed by atoms with Crippen LogP contribution in [0.1, 0.15) is 19.4 Å². The third-order valence-electron chi connectivity index (χ3n) is 4.33. The summed E-state index contributed by atoms with van der Waals surface area (Å²) in [6, 6.07) is 1.86. The second-order valence-corrected chi connectivity index (χ2v) is 6.64. The number of carbonyl (C=O) groups is 1. The maximum Gasteiger partial charge on any atom is 0.419 e. The highest BCUT2D eigenvalue weighted by molar-refractivity contribution is 5.74. The van der Waals surface area contributed by atoms with Crippen LogP contribution in [-0.4, -0.2) is 49.1 Å². The number of hydrogen-bond acceptors (Lipinski definition) is 3. The number of rotatable bonds is 3. The average molecular weight is 344 g/mol. The van der Waals surface area contributed by atoms with Crippen LogP contribution < -0.4 is 10.2 Å². The first-order valence-corrected chi connectivity index (χ1v) is 7.86. The molecule has 1 fully saturated rings. The first-order chi connectivity index (χ1) is 11.1. The van der Waals surface area contributed by atoms with E-state index in [0.29, 0.717) is 13.1 Å². The molecule has 2 amide bonds. The molecular formula is C16H23F3N4O. The van der Waals surface area contributed by atoms with Gasteiger partial charge in [0.05, 0.1) is 11.6 Å². The molecule has 2 rings (SSSR count). The molecule has 1 aliphatic rings. The highest BCUT2D eigenvalue weighted by Gasteiger charge is 2.41. The lowest BCUT2D eigenvalue weighted by Crippen LogP contribution is -2.46. The van der Waals surface area contributed by atoms with E-state index < -0.39 is 11.7 Å². The number of halogens is 3. The lowest BCUT2D eigenvalue weighted by Gasteiger charge is -2.24. The number of hydrogen-bond donors (Lipinski definition) is 1. The van der Waals surface area contributed by atoms with Gasteiger partial charge in [0.2, 0.25) is 0 Å². The molecule has 24 heavy (non-hydrogen) atoms. The largest absolute Gasteiger partial charge is 0.419 e. The Hall–Kier alpha value is -1.99. The molecule has 1 aromatic rings. The van der Waals surface area contributed by atoms with Crippen molar-refractivity contribution in [1.29, 1.82) is 0 Å². The Kier molecular flexibility index (Phi) is 5.25. The first-order valence-electron chi connectivity index (χ1n) is 7.86. The quantitative estimate of drug-likeness (QED) is 0.917. The minimum atomic E-state index is -4.46. The number of nitrogens with zero attached hydrogens (tertiary/aromatic N) is 3. The number of aromatic nitrogens is 1. The van der Waals surface area contributed by atoms with Crippen molar-refractivity contribution in [1.82, 2.24) is 15.2 Å². The van der Waals surface area contributed by atoms with Crippen LogP contribution >= 0.6 is 0 Å². The van der Waals surface area contributed by atoms with Gasteiger partial charge in [0.15, 0.2) is 0 Å². The van der Waals surface area contributed by atoms with Crippen molar-refractivity contribution in [2.45, 2.75) is 26.1 Å². The molecule has 0 bridgehead atoms. The van der Waals surface area contributed by atoms with Gasteiger partial charge < -0.3 is 15.1 Å². The SMILES string of the molecule is CC(C)[C@@H]1CN(c2ncccc2C(F)(F)F)C[C@H]1NC(=O)N(C)C. The van der Waals surface area contributed by atoms with Crippen LogP contribution in [0.3, 0.4) is 0 Å². The maximum absolute atomic E-state index is 13.2. The summed E-state index contributed by atoms with van der Waals surface area (Å²) in [5, 5.41) is 2.90. The molecule has 5 nitrogen and oxygen atoms in total. The fraction of sp³-hybridized carbons (Fsp3) is 0.625. The van der Waals surface area contributed by atoms with Gasteiger partial charge >= 0.3 is 12.2 Å². The fourth-order valence-electron chi connectivity index (χ4n) is 2.99. The number of anilines is 1. The summed E-state index contributed by atoms with van der Waals surface area (Å²) in [6.45, 7) is 4.75. The summed E-state index contributed by atoms with van der Waals surface area (Å²) in [7, 11) is 3.26. The minimum Gasteiger partial charge on any atom is -0.354 e. The van der Waals surface area contributed by atoms with Gasteiger partial charge in [-0.25, -0.2) is 9.78 Å². The highest BCUT2D eigenvalue weighted by atomic mass is 19.4. The van der Waals surface area contributed by atoms with Gasteiger partial charge in [0.25, 0.3) is 0 Å².